The monoisotopic (exact) mass is 523 g/mol. The molecule has 0 saturated heterocycles. The summed E-state index contributed by atoms with van der Waals surface area (Å²) in [5.74, 6) is 0.797. The van der Waals surface area contributed by atoms with Gasteiger partial charge in [0.05, 0.1) is 5.69 Å². The lowest BCUT2D eigenvalue weighted by molar-refractivity contribution is -0.116. The first-order valence-electron chi connectivity index (χ1n) is 14.1. The molecule has 202 valence electrons. The molecule has 0 unspecified atom stereocenters. The molecule has 4 aromatic rings. The summed E-state index contributed by atoms with van der Waals surface area (Å²) in [5, 5.41) is 25.8. The third kappa shape index (κ3) is 6.50. The molecule has 8 nitrogen and oxygen atoms in total. The first-order valence-corrected chi connectivity index (χ1v) is 14.1. The molecule has 0 radical (unpaired) electrons. The van der Waals surface area contributed by atoms with E-state index in [-0.39, 0.29) is 5.91 Å². The predicted molar refractivity (Wildman–Crippen MR) is 155 cm³/mol. The summed E-state index contributed by atoms with van der Waals surface area (Å²) in [6.07, 6.45) is 11.2. The smallest absolute Gasteiger partial charge is 0.225 e. The molecule has 2 aromatic carbocycles. The largest absolute Gasteiger partial charge is 0.382 e. The number of benzene rings is 2. The van der Waals surface area contributed by atoms with Crippen LogP contribution in [0.2, 0.25) is 0 Å². The van der Waals surface area contributed by atoms with Crippen LogP contribution in [0.15, 0.2) is 54.6 Å². The van der Waals surface area contributed by atoms with Crippen molar-refractivity contribution < 1.29 is 4.79 Å². The van der Waals surface area contributed by atoms with E-state index in [0.29, 0.717) is 23.5 Å². The quantitative estimate of drug-likeness (QED) is 0.202. The number of aryl methyl sites for hydroxylation is 3. The van der Waals surface area contributed by atoms with Gasteiger partial charge in [0.1, 0.15) is 5.49 Å². The minimum atomic E-state index is -0.0373. The number of carbonyl (C=O) groups excluding carboxylic acids is 1. The number of nitrogens with two attached hydrogens (primary N) is 1. The fraction of sp³-hybridized carbons (Fsp3) is 0.387. The number of rotatable bonds is 12. The molecule has 39 heavy (non-hydrogen) atoms. The van der Waals surface area contributed by atoms with E-state index in [0.717, 1.165) is 68.0 Å². The van der Waals surface area contributed by atoms with Gasteiger partial charge in [0.15, 0.2) is 11.6 Å². The normalized spacial score (nSPS) is 12.2. The van der Waals surface area contributed by atoms with E-state index >= 15 is 0 Å². The van der Waals surface area contributed by atoms with Gasteiger partial charge in [-0.05, 0) is 42.9 Å². The van der Waals surface area contributed by atoms with Gasteiger partial charge in [-0.15, -0.1) is 10.2 Å². The zero-order valence-corrected chi connectivity index (χ0v) is 22.5. The predicted octanol–water partition coefficient (Wildman–Crippen LogP) is 5.80. The van der Waals surface area contributed by atoms with Crippen molar-refractivity contribution in [3.8, 4) is 11.3 Å². The summed E-state index contributed by atoms with van der Waals surface area (Å²) in [7, 11) is 0. The lowest BCUT2D eigenvalue weighted by Gasteiger charge is -2.20. The van der Waals surface area contributed by atoms with E-state index in [4.69, 9.17) is 16.2 Å². The molecule has 1 aliphatic carbocycles. The van der Waals surface area contributed by atoms with Crippen molar-refractivity contribution in [3.05, 3.63) is 71.2 Å². The molecule has 5 rings (SSSR count). The maximum atomic E-state index is 12.4. The Morgan fingerprint density at radius 3 is 2.33 bits per heavy atom. The van der Waals surface area contributed by atoms with Crippen molar-refractivity contribution >= 4 is 28.3 Å². The number of nitrogens with zero attached hydrogens (tertiary/aromatic N) is 4. The molecular formula is C31H37N7O. The number of unbranched alkanes of at least 4 members (excludes halogenated alkanes) is 7. The van der Waals surface area contributed by atoms with E-state index in [1.165, 1.54) is 36.0 Å². The van der Waals surface area contributed by atoms with Crippen LogP contribution in [-0.4, -0.2) is 25.9 Å². The van der Waals surface area contributed by atoms with Gasteiger partial charge in [-0.2, -0.15) is 5.10 Å². The van der Waals surface area contributed by atoms with Gasteiger partial charge in [-0.1, -0.05) is 87.1 Å². The van der Waals surface area contributed by atoms with Crippen molar-refractivity contribution in [1.82, 2.24) is 20.0 Å². The van der Waals surface area contributed by atoms with Crippen LogP contribution in [0.4, 0.5) is 11.6 Å². The second-order valence-corrected chi connectivity index (χ2v) is 10.4. The Labute approximate surface area is 229 Å². The second-order valence-electron chi connectivity index (χ2n) is 10.4. The number of fused-ring (bicyclic) bond motifs is 4. The highest BCUT2D eigenvalue weighted by Gasteiger charge is 2.18. The molecule has 2 heterocycles. The van der Waals surface area contributed by atoms with E-state index in [9.17, 15) is 4.79 Å². The summed E-state index contributed by atoms with van der Waals surface area (Å²) in [4.78, 5) is 12.4. The SMILES string of the molecule is N=c1cc2c(nn1CCCCCCCCCCC(=O)Nc1nnc(N)c3ccccc13)-c1ccccc1CC2. The molecule has 0 aliphatic heterocycles. The first-order chi connectivity index (χ1) is 19.1. The van der Waals surface area contributed by atoms with Crippen LogP contribution >= 0.6 is 0 Å². The Hall–Kier alpha value is -4.07. The zero-order chi connectivity index (χ0) is 27.0. The molecule has 4 N–H and O–H groups in total. The average molecular weight is 524 g/mol. The van der Waals surface area contributed by atoms with Crippen molar-refractivity contribution in [3.63, 3.8) is 0 Å². The number of hydrogen-bond donors (Lipinski definition) is 3. The molecule has 0 fully saturated rings. The molecule has 0 saturated carbocycles. The number of nitrogen functional groups attached to an aromatic ring is 1. The maximum absolute atomic E-state index is 12.4. The molecule has 8 heteroatoms. The van der Waals surface area contributed by atoms with Crippen LogP contribution in [0, 0.1) is 5.41 Å². The van der Waals surface area contributed by atoms with E-state index in [1.54, 1.807) is 0 Å². The molecule has 0 spiro atoms. The minimum Gasteiger partial charge on any atom is -0.382 e. The van der Waals surface area contributed by atoms with Crippen LogP contribution in [0.1, 0.15) is 68.9 Å². The number of hydrogen-bond acceptors (Lipinski definition) is 6. The second kappa shape index (κ2) is 12.7. The fourth-order valence-electron chi connectivity index (χ4n) is 5.39. The van der Waals surface area contributed by atoms with Crippen molar-refractivity contribution in [2.75, 3.05) is 11.1 Å². The number of anilines is 2. The Balaban J connectivity index is 0.964. The molecule has 2 aromatic heterocycles. The van der Waals surface area contributed by atoms with Crippen molar-refractivity contribution in [2.24, 2.45) is 0 Å². The number of amides is 1. The van der Waals surface area contributed by atoms with Crippen LogP contribution in [0.5, 0.6) is 0 Å². The third-order valence-electron chi connectivity index (χ3n) is 7.55. The molecule has 0 atom stereocenters. The molecule has 0 bridgehead atoms. The van der Waals surface area contributed by atoms with Gasteiger partial charge in [-0.3, -0.25) is 10.2 Å². The summed E-state index contributed by atoms with van der Waals surface area (Å²) < 4.78 is 1.87. The Bertz CT molecular complexity index is 1510. The van der Waals surface area contributed by atoms with Gasteiger partial charge in [-0.25, -0.2) is 4.68 Å². The van der Waals surface area contributed by atoms with Gasteiger partial charge in [0, 0.05) is 29.3 Å². The van der Waals surface area contributed by atoms with Gasteiger partial charge >= 0.3 is 0 Å². The standard InChI is InChI=1S/C31H37N7O/c32-27-21-23-19-18-22-13-8-9-14-24(22)29(23)37-38(27)20-12-6-4-2-1-3-5-7-17-28(39)34-31-26-16-11-10-15-25(26)30(33)35-36-31/h8-11,13-16,21,32H,1-7,12,17-20H2,(H2,33,35)(H,34,36,39). The average Bonchev–Trinajstić information content (AvgIpc) is 2.96. The first kappa shape index (κ1) is 26.5. The van der Waals surface area contributed by atoms with Gasteiger partial charge < -0.3 is 11.1 Å². The lowest BCUT2D eigenvalue weighted by atomic mass is 9.89. The van der Waals surface area contributed by atoms with Crippen LogP contribution < -0.4 is 16.5 Å². The van der Waals surface area contributed by atoms with Crippen molar-refractivity contribution in [2.45, 2.75) is 77.2 Å². The summed E-state index contributed by atoms with van der Waals surface area (Å²) in [6.45, 7) is 0.789. The summed E-state index contributed by atoms with van der Waals surface area (Å²) >= 11 is 0. The lowest BCUT2D eigenvalue weighted by Crippen LogP contribution is -2.25. The zero-order valence-electron chi connectivity index (χ0n) is 22.5. The van der Waals surface area contributed by atoms with Crippen LogP contribution in [-0.2, 0) is 24.2 Å². The Morgan fingerprint density at radius 2 is 1.51 bits per heavy atom. The van der Waals surface area contributed by atoms with Crippen LogP contribution in [0.25, 0.3) is 22.0 Å². The van der Waals surface area contributed by atoms with Gasteiger partial charge in [0.2, 0.25) is 5.91 Å². The maximum Gasteiger partial charge on any atom is 0.225 e. The van der Waals surface area contributed by atoms with E-state index < -0.39 is 0 Å². The number of aromatic nitrogens is 4. The number of nitrogens with one attached hydrogen (secondary N) is 2. The Kier molecular flexibility index (Phi) is 8.61. The topological polar surface area (TPSA) is 123 Å². The molecular weight excluding hydrogens is 486 g/mol. The molecule has 1 aliphatic rings. The van der Waals surface area contributed by atoms with Crippen molar-refractivity contribution in [1.29, 1.82) is 5.41 Å². The molecule has 1 amide bonds. The van der Waals surface area contributed by atoms with Gasteiger partial charge in [0.25, 0.3) is 0 Å². The fourth-order valence-corrected chi connectivity index (χ4v) is 5.39. The summed E-state index contributed by atoms with van der Waals surface area (Å²) in [6, 6.07) is 18.1. The van der Waals surface area contributed by atoms with E-state index in [2.05, 4.69) is 39.8 Å². The Morgan fingerprint density at radius 1 is 0.846 bits per heavy atom. The minimum absolute atomic E-state index is 0.0373. The van der Waals surface area contributed by atoms with Crippen LogP contribution in [0.3, 0.4) is 0 Å². The number of carbonyl (C=O) groups is 1. The van der Waals surface area contributed by atoms with E-state index in [1.807, 2.05) is 35.0 Å². The third-order valence-corrected chi connectivity index (χ3v) is 7.55. The highest BCUT2D eigenvalue weighted by atomic mass is 16.1. The highest BCUT2D eigenvalue weighted by Crippen LogP contribution is 2.30. The highest BCUT2D eigenvalue weighted by molar-refractivity contribution is 6.03. The summed E-state index contributed by atoms with van der Waals surface area (Å²) in [5.41, 5.74) is 11.2.